The zero-order chi connectivity index (χ0) is 14.4. The molecular formula is C15H24N2O2. The van der Waals surface area contributed by atoms with Gasteiger partial charge >= 0.3 is 0 Å². The molecule has 0 radical (unpaired) electrons. The smallest absolute Gasteiger partial charge is 0.224 e. The number of ether oxygens (including phenoxy) is 1. The van der Waals surface area contributed by atoms with Gasteiger partial charge in [0.1, 0.15) is 5.75 Å². The summed E-state index contributed by atoms with van der Waals surface area (Å²) in [6.07, 6.45) is 0.384. The lowest BCUT2D eigenvalue weighted by molar-refractivity contribution is -0.120. The summed E-state index contributed by atoms with van der Waals surface area (Å²) >= 11 is 0. The number of benzene rings is 1. The van der Waals surface area contributed by atoms with E-state index in [1.165, 1.54) is 0 Å². The molecule has 0 aliphatic carbocycles. The summed E-state index contributed by atoms with van der Waals surface area (Å²) in [5.41, 5.74) is 8.62. The van der Waals surface area contributed by atoms with Gasteiger partial charge in [0.2, 0.25) is 5.91 Å². The molecule has 1 aromatic carbocycles. The lowest BCUT2D eigenvalue weighted by Crippen LogP contribution is -2.30. The second-order valence-corrected chi connectivity index (χ2v) is 4.99. The molecule has 19 heavy (non-hydrogen) atoms. The quantitative estimate of drug-likeness (QED) is 0.822. The Balaban J connectivity index is 2.95. The molecule has 3 N–H and O–H groups in total. The fourth-order valence-electron chi connectivity index (χ4n) is 2.01. The topological polar surface area (TPSA) is 64.3 Å². The Hall–Kier alpha value is -1.55. The summed E-state index contributed by atoms with van der Waals surface area (Å²) < 4.78 is 5.40. The van der Waals surface area contributed by atoms with Gasteiger partial charge in [-0.2, -0.15) is 0 Å². The van der Waals surface area contributed by atoms with Crippen LogP contribution >= 0.6 is 0 Å². The Bertz CT molecular complexity index is 442. The number of nitrogens with two attached hydrogens (primary N) is 1. The van der Waals surface area contributed by atoms with E-state index < -0.39 is 0 Å². The number of amides is 1. The summed E-state index contributed by atoms with van der Waals surface area (Å²) in [6.45, 7) is 7.21. The van der Waals surface area contributed by atoms with Crippen LogP contribution in [0.4, 0.5) is 0 Å². The minimum atomic E-state index is 0.00780. The van der Waals surface area contributed by atoms with E-state index in [1.54, 1.807) is 7.11 Å². The van der Waals surface area contributed by atoms with Crippen molar-refractivity contribution in [1.82, 2.24) is 5.32 Å². The molecule has 1 amide bonds. The maximum atomic E-state index is 11.8. The SMILES string of the molecule is COc1cc(C)c(CC(=O)NCCN)cc1C(C)C. The third kappa shape index (κ3) is 4.24. The first-order valence-electron chi connectivity index (χ1n) is 6.63. The Morgan fingerprint density at radius 3 is 2.63 bits per heavy atom. The molecule has 0 aliphatic heterocycles. The summed E-state index contributed by atoms with van der Waals surface area (Å²) in [7, 11) is 1.67. The highest BCUT2D eigenvalue weighted by Crippen LogP contribution is 2.29. The van der Waals surface area contributed by atoms with Crippen molar-refractivity contribution in [3.63, 3.8) is 0 Å². The number of carbonyl (C=O) groups is 1. The highest BCUT2D eigenvalue weighted by atomic mass is 16.5. The number of rotatable bonds is 6. The lowest BCUT2D eigenvalue weighted by Gasteiger charge is -2.16. The Morgan fingerprint density at radius 2 is 2.11 bits per heavy atom. The van der Waals surface area contributed by atoms with Gasteiger partial charge in [-0.3, -0.25) is 4.79 Å². The van der Waals surface area contributed by atoms with Gasteiger partial charge in [-0.15, -0.1) is 0 Å². The number of aryl methyl sites for hydroxylation is 1. The van der Waals surface area contributed by atoms with Gasteiger partial charge in [-0.25, -0.2) is 0 Å². The van der Waals surface area contributed by atoms with Crippen molar-refractivity contribution in [3.8, 4) is 5.75 Å². The predicted molar refractivity (Wildman–Crippen MR) is 77.6 cm³/mol. The van der Waals surface area contributed by atoms with Gasteiger partial charge in [-0.1, -0.05) is 19.9 Å². The fourth-order valence-corrected chi connectivity index (χ4v) is 2.01. The summed E-state index contributed by atoms with van der Waals surface area (Å²) in [5.74, 6) is 1.26. The highest BCUT2D eigenvalue weighted by Gasteiger charge is 2.13. The zero-order valence-electron chi connectivity index (χ0n) is 12.2. The molecule has 0 aromatic heterocycles. The number of hydrogen-bond acceptors (Lipinski definition) is 3. The van der Waals surface area contributed by atoms with Gasteiger partial charge in [0.25, 0.3) is 0 Å². The molecule has 1 rings (SSSR count). The average molecular weight is 264 g/mol. The average Bonchev–Trinajstić information content (AvgIpc) is 2.37. The van der Waals surface area contributed by atoms with E-state index >= 15 is 0 Å². The monoisotopic (exact) mass is 264 g/mol. The lowest BCUT2D eigenvalue weighted by atomic mass is 9.95. The first-order valence-corrected chi connectivity index (χ1v) is 6.63. The van der Waals surface area contributed by atoms with Crippen LogP contribution in [-0.4, -0.2) is 26.1 Å². The minimum Gasteiger partial charge on any atom is -0.496 e. The van der Waals surface area contributed by atoms with Gasteiger partial charge in [0.05, 0.1) is 13.5 Å². The molecule has 106 valence electrons. The van der Waals surface area contributed by atoms with E-state index in [-0.39, 0.29) is 5.91 Å². The van der Waals surface area contributed by atoms with Gasteiger partial charge < -0.3 is 15.8 Å². The second kappa shape index (κ2) is 7.14. The molecule has 0 saturated carbocycles. The minimum absolute atomic E-state index is 0.00780. The van der Waals surface area contributed by atoms with Crippen molar-refractivity contribution >= 4 is 5.91 Å². The Morgan fingerprint density at radius 1 is 1.42 bits per heavy atom. The van der Waals surface area contributed by atoms with Crippen molar-refractivity contribution in [3.05, 3.63) is 28.8 Å². The highest BCUT2D eigenvalue weighted by molar-refractivity contribution is 5.79. The molecule has 0 aliphatic rings. The van der Waals surface area contributed by atoms with Crippen molar-refractivity contribution in [2.75, 3.05) is 20.2 Å². The van der Waals surface area contributed by atoms with Crippen LogP contribution < -0.4 is 15.8 Å². The van der Waals surface area contributed by atoms with E-state index in [1.807, 2.05) is 13.0 Å². The van der Waals surface area contributed by atoms with Crippen molar-refractivity contribution in [2.24, 2.45) is 5.73 Å². The molecule has 0 unspecified atom stereocenters. The first kappa shape index (κ1) is 15.5. The van der Waals surface area contributed by atoms with Crippen LogP contribution in [0.3, 0.4) is 0 Å². The van der Waals surface area contributed by atoms with E-state index in [2.05, 4.69) is 25.2 Å². The van der Waals surface area contributed by atoms with Crippen molar-refractivity contribution in [1.29, 1.82) is 0 Å². The van der Waals surface area contributed by atoms with Gasteiger partial charge in [0.15, 0.2) is 0 Å². The number of nitrogens with one attached hydrogen (secondary N) is 1. The maximum Gasteiger partial charge on any atom is 0.224 e. The molecule has 0 atom stereocenters. The molecule has 4 nitrogen and oxygen atoms in total. The van der Waals surface area contributed by atoms with Gasteiger partial charge in [-0.05, 0) is 35.6 Å². The molecule has 4 heteroatoms. The molecule has 0 fully saturated rings. The van der Waals surface area contributed by atoms with Crippen LogP contribution in [0.1, 0.15) is 36.5 Å². The normalized spacial score (nSPS) is 10.6. The van der Waals surface area contributed by atoms with Gasteiger partial charge in [0, 0.05) is 13.1 Å². The third-order valence-electron chi connectivity index (χ3n) is 3.13. The molecule has 0 bridgehead atoms. The molecule has 0 saturated heterocycles. The number of carbonyl (C=O) groups excluding carboxylic acids is 1. The molecule has 0 spiro atoms. The maximum absolute atomic E-state index is 11.8. The largest absolute Gasteiger partial charge is 0.496 e. The standard InChI is InChI=1S/C15H24N2O2/c1-10(2)13-8-12(9-15(18)17-6-5-16)11(3)7-14(13)19-4/h7-8,10H,5-6,9,16H2,1-4H3,(H,17,18). The van der Waals surface area contributed by atoms with Crippen molar-refractivity contribution in [2.45, 2.75) is 33.1 Å². The molecular weight excluding hydrogens is 240 g/mol. The second-order valence-electron chi connectivity index (χ2n) is 4.99. The van der Waals surface area contributed by atoms with E-state index in [0.29, 0.717) is 25.4 Å². The Labute approximate surface area is 115 Å². The third-order valence-corrected chi connectivity index (χ3v) is 3.13. The van der Waals surface area contributed by atoms with Crippen LogP contribution in [0.2, 0.25) is 0 Å². The van der Waals surface area contributed by atoms with Crippen LogP contribution in [0.25, 0.3) is 0 Å². The Kier molecular flexibility index (Phi) is 5.83. The van der Waals surface area contributed by atoms with E-state index in [9.17, 15) is 4.79 Å². The fraction of sp³-hybridized carbons (Fsp3) is 0.533. The first-order chi connectivity index (χ1) is 8.99. The summed E-state index contributed by atoms with van der Waals surface area (Å²) in [6, 6.07) is 4.07. The van der Waals surface area contributed by atoms with Crippen LogP contribution in [0, 0.1) is 6.92 Å². The van der Waals surface area contributed by atoms with E-state index in [0.717, 1.165) is 22.4 Å². The zero-order valence-corrected chi connectivity index (χ0v) is 12.2. The molecule has 1 aromatic rings. The van der Waals surface area contributed by atoms with Crippen LogP contribution in [0.5, 0.6) is 5.75 Å². The van der Waals surface area contributed by atoms with Crippen molar-refractivity contribution < 1.29 is 9.53 Å². The molecule has 0 heterocycles. The summed E-state index contributed by atoms with van der Waals surface area (Å²) in [5, 5.41) is 2.79. The summed E-state index contributed by atoms with van der Waals surface area (Å²) in [4.78, 5) is 11.8. The van der Waals surface area contributed by atoms with Crippen LogP contribution in [0.15, 0.2) is 12.1 Å². The van der Waals surface area contributed by atoms with Crippen LogP contribution in [-0.2, 0) is 11.2 Å². The predicted octanol–water partition coefficient (Wildman–Crippen LogP) is 1.74. The number of methoxy groups -OCH3 is 1. The number of hydrogen-bond donors (Lipinski definition) is 2. The van der Waals surface area contributed by atoms with E-state index in [4.69, 9.17) is 10.5 Å².